The molecular weight excluding hydrogens is 156 g/mol. The molecule has 0 aromatic heterocycles. The van der Waals surface area contributed by atoms with Crippen molar-refractivity contribution in [2.75, 3.05) is 11.5 Å². The van der Waals surface area contributed by atoms with Crippen LogP contribution in [0, 0.1) is 0 Å². The van der Waals surface area contributed by atoms with Crippen molar-refractivity contribution in [3.05, 3.63) is 0 Å². The van der Waals surface area contributed by atoms with Crippen LogP contribution in [0.1, 0.15) is 7.43 Å². The van der Waals surface area contributed by atoms with Crippen LogP contribution in [0.15, 0.2) is 0 Å². The van der Waals surface area contributed by atoms with Crippen LogP contribution in [0.3, 0.4) is 0 Å². The first-order valence-corrected chi connectivity index (χ1v) is 3.56. The lowest BCUT2D eigenvalue weighted by Gasteiger charge is -2.11. The van der Waals surface area contributed by atoms with E-state index in [1.54, 1.807) is 0 Å². The van der Waals surface area contributed by atoms with Crippen molar-refractivity contribution < 1.29 is 10.2 Å². The van der Waals surface area contributed by atoms with Gasteiger partial charge in [-0.25, -0.2) is 0 Å². The van der Waals surface area contributed by atoms with Crippen molar-refractivity contribution in [3.63, 3.8) is 0 Å². The Morgan fingerprint density at radius 1 is 1.00 bits per heavy atom. The lowest BCUT2D eigenvalue weighted by Crippen LogP contribution is -2.28. The summed E-state index contributed by atoms with van der Waals surface area (Å²) in [5.74, 6) is 0.559. The third-order valence-corrected chi connectivity index (χ3v) is 1.57. The third kappa shape index (κ3) is 5.08. The van der Waals surface area contributed by atoms with Gasteiger partial charge < -0.3 is 10.2 Å². The average Bonchev–Trinajstić information content (AvgIpc) is 1.84. The molecule has 0 amide bonds. The zero-order valence-corrected chi connectivity index (χ0v) is 6.15. The molecule has 0 aromatic carbocycles. The van der Waals surface area contributed by atoms with Gasteiger partial charge in [0, 0.05) is 11.5 Å². The summed E-state index contributed by atoms with van der Waals surface area (Å²) >= 11 is 7.53. The van der Waals surface area contributed by atoms with E-state index < -0.39 is 12.2 Å². The lowest BCUT2D eigenvalue weighted by atomic mass is 10.3. The minimum Gasteiger partial charge on any atom is -0.390 e. The predicted molar refractivity (Wildman–Crippen MR) is 46.5 cm³/mol. The second-order valence-electron chi connectivity index (χ2n) is 1.50. The van der Waals surface area contributed by atoms with Gasteiger partial charge in [-0.3, -0.25) is 0 Å². The Kier molecular flexibility index (Phi) is 9.21. The minimum atomic E-state index is -0.740. The first kappa shape index (κ1) is 12.3. The number of thiol groups is 2. The second kappa shape index (κ2) is 6.74. The smallest absolute Gasteiger partial charge is 0.0894 e. The molecule has 0 spiro atoms. The van der Waals surface area contributed by atoms with E-state index in [1.165, 1.54) is 0 Å². The highest BCUT2D eigenvalue weighted by Gasteiger charge is 2.10. The van der Waals surface area contributed by atoms with Crippen LogP contribution < -0.4 is 0 Å². The number of rotatable bonds is 3. The molecule has 0 saturated heterocycles. The fourth-order valence-corrected chi connectivity index (χ4v) is 0.730. The van der Waals surface area contributed by atoms with Crippen LogP contribution in [-0.4, -0.2) is 33.9 Å². The molecule has 2 atom stereocenters. The van der Waals surface area contributed by atoms with Crippen LogP contribution >= 0.6 is 25.3 Å². The highest BCUT2D eigenvalue weighted by Crippen LogP contribution is 1.96. The second-order valence-corrected chi connectivity index (χ2v) is 2.23. The van der Waals surface area contributed by atoms with E-state index in [9.17, 15) is 0 Å². The molecule has 2 N–H and O–H groups in total. The quantitative estimate of drug-likeness (QED) is 0.457. The van der Waals surface area contributed by atoms with Crippen molar-refractivity contribution >= 4 is 25.3 Å². The Morgan fingerprint density at radius 2 is 1.22 bits per heavy atom. The Morgan fingerprint density at radius 3 is 1.33 bits per heavy atom. The maximum Gasteiger partial charge on any atom is 0.0894 e. The van der Waals surface area contributed by atoms with Crippen molar-refractivity contribution in [2.45, 2.75) is 19.6 Å². The number of hydrogen-bond acceptors (Lipinski definition) is 4. The molecule has 0 aliphatic carbocycles. The largest absolute Gasteiger partial charge is 0.390 e. The van der Waals surface area contributed by atoms with Crippen LogP contribution in [0.25, 0.3) is 0 Å². The molecule has 0 fully saturated rings. The summed E-state index contributed by atoms with van der Waals surface area (Å²) in [6.45, 7) is 0. The highest BCUT2D eigenvalue weighted by atomic mass is 32.1. The summed E-state index contributed by atoms with van der Waals surface area (Å²) in [6, 6.07) is 0. The van der Waals surface area contributed by atoms with E-state index in [-0.39, 0.29) is 18.9 Å². The lowest BCUT2D eigenvalue weighted by molar-refractivity contribution is 0.0504. The summed E-state index contributed by atoms with van der Waals surface area (Å²) < 4.78 is 0. The minimum absolute atomic E-state index is 0. The summed E-state index contributed by atoms with van der Waals surface area (Å²) in [5, 5.41) is 17.5. The maximum atomic E-state index is 8.75. The zero-order chi connectivity index (χ0) is 6.57. The van der Waals surface area contributed by atoms with Gasteiger partial charge in [-0.1, -0.05) is 7.43 Å². The summed E-state index contributed by atoms with van der Waals surface area (Å²) in [7, 11) is 0. The van der Waals surface area contributed by atoms with Gasteiger partial charge in [0.2, 0.25) is 0 Å². The maximum absolute atomic E-state index is 8.75. The SMILES string of the molecule is C.O[C@@H](CS)[C@@H](O)CS. The highest BCUT2D eigenvalue weighted by molar-refractivity contribution is 7.80. The molecule has 0 aliphatic rings. The van der Waals surface area contributed by atoms with Crippen molar-refractivity contribution in [1.29, 1.82) is 0 Å². The Hall–Kier alpha value is 0.620. The molecule has 0 aliphatic heterocycles. The number of hydrogen-bond donors (Lipinski definition) is 4. The normalized spacial score (nSPS) is 16.0. The number of aliphatic hydroxyl groups excluding tert-OH is 2. The Balaban J connectivity index is 0. The number of aliphatic hydroxyl groups is 2. The molecule has 9 heavy (non-hydrogen) atoms. The van der Waals surface area contributed by atoms with Crippen molar-refractivity contribution in [3.8, 4) is 0 Å². The molecule has 0 saturated carbocycles. The molecule has 58 valence electrons. The van der Waals surface area contributed by atoms with E-state index in [4.69, 9.17) is 10.2 Å². The van der Waals surface area contributed by atoms with Crippen LogP contribution in [0.5, 0.6) is 0 Å². The standard InChI is InChI=1S/C4H10O2S2.CH4/c5-3(1-7)4(6)2-8;/h3-8H,1-2H2;1H4/t3-,4-;/m0./s1. The average molecular weight is 170 g/mol. The van der Waals surface area contributed by atoms with E-state index in [0.29, 0.717) is 0 Å². The molecule has 0 heterocycles. The van der Waals surface area contributed by atoms with Gasteiger partial charge in [-0.2, -0.15) is 25.3 Å². The van der Waals surface area contributed by atoms with Gasteiger partial charge in [-0.05, 0) is 0 Å². The molecule has 0 rings (SSSR count). The van der Waals surface area contributed by atoms with Gasteiger partial charge >= 0.3 is 0 Å². The van der Waals surface area contributed by atoms with Gasteiger partial charge in [-0.15, -0.1) is 0 Å². The van der Waals surface area contributed by atoms with E-state index >= 15 is 0 Å². The van der Waals surface area contributed by atoms with Crippen molar-refractivity contribution in [2.24, 2.45) is 0 Å². The summed E-state index contributed by atoms with van der Waals surface area (Å²) in [4.78, 5) is 0. The van der Waals surface area contributed by atoms with E-state index in [2.05, 4.69) is 25.3 Å². The van der Waals surface area contributed by atoms with E-state index in [1.807, 2.05) is 0 Å². The third-order valence-electron chi connectivity index (χ3n) is 0.818. The van der Waals surface area contributed by atoms with Gasteiger partial charge in [0.1, 0.15) is 0 Å². The molecule has 0 bridgehead atoms. The Labute approximate surface area is 67.1 Å². The van der Waals surface area contributed by atoms with Crippen LogP contribution in [0.4, 0.5) is 0 Å². The van der Waals surface area contributed by atoms with Gasteiger partial charge in [0.15, 0.2) is 0 Å². The zero-order valence-electron chi connectivity index (χ0n) is 4.36. The topological polar surface area (TPSA) is 40.5 Å². The first-order valence-electron chi connectivity index (χ1n) is 2.30. The molecule has 0 radical (unpaired) electrons. The van der Waals surface area contributed by atoms with Crippen LogP contribution in [-0.2, 0) is 0 Å². The fraction of sp³-hybridized carbons (Fsp3) is 1.00. The Bertz CT molecular complexity index is 52.9. The molecule has 4 heteroatoms. The summed E-state index contributed by atoms with van der Waals surface area (Å²) in [6.07, 6.45) is -1.48. The van der Waals surface area contributed by atoms with Crippen molar-refractivity contribution in [1.82, 2.24) is 0 Å². The van der Waals surface area contributed by atoms with E-state index in [0.717, 1.165) is 0 Å². The fourth-order valence-electron chi connectivity index (χ4n) is 0.243. The summed E-state index contributed by atoms with van der Waals surface area (Å²) in [5.41, 5.74) is 0. The molecule has 0 unspecified atom stereocenters. The molecular formula is C5H14O2S2. The molecule has 0 aromatic rings. The van der Waals surface area contributed by atoms with Gasteiger partial charge in [0.05, 0.1) is 12.2 Å². The van der Waals surface area contributed by atoms with Crippen LogP contribution in [0.2, 0.25) is 0 Å². The monoisotopic (exact) mass is 170 g/mol. The predicted octanol–water partition coefficient (Wildman–Crippen LogP) is 0.204. The molecule has 2 nitrogen and oxygen atoms in total. The van der Waals surface area contributed by atoms with Gasteiger partial charge in [0.25, 0.3) is 0 Å². The first-order chi connectivity index (χ1) is 3.72.